The average molecular weight is 457 g/mol. The van der Waals surface area contributed by atoms with E-state index in [1.807, 2.05) is 12.1 Å². The molecule has 0 aliphatic heterocycles. The van der Waals surface area contributed by atoms with Crippen molar-refractivity contribution < 1.29 is 4.74 Å². The maximum absolute atomic E-state index is 5.57. The fourth-order valence-electron chi connectivity index (χ4n) is 5.41. The lowest BCUT2D eigenvalue weighted by Crippen LogP contribution is -2.44. The molecular formula is C31H40N2O. The number of hydrogen-bond acceptors (Lipinski definition) is 3. The summed E-state index contributed by atoms with van der Waals surface area (Å²) in [7, 11) is 1.75. The summed E-state index contributed by atoms with van der Waals surface area (Å²) >= 11 is 0. The van der Waals surface area contributed by atoms with E-state index in [-0.39, 0.29) is 0 Å². The number of para-hydroxylation sites is 1. The molecule has 1 saturated carbocycles. The van der Waals surface area contributed by atoms with E-state index < -0.39 is 0 Å². The second-order valence-corrected chi connectivity index (χ2v) is 9.49. The largest absolute Gasteiger partial charge is 0.496 e. The van der Waals surface area contributed by atoms with E-state index >= 15 is 0 Å². The van der Waals surface area contributed by atoms with Crippen molar-refractivity contribution in [1.29, 1.82) is 0 Å². The van der Waals surface area contributed by atoms with E-state index in [0.29, 0.717) is 12.1 Å². The predicted octanol–water partition coefficient (Wildman–Crippen LogP) is 6.79. The van der Waals surface area contributed by atoms with Crippen LogP contribution in [-0.4, -0.2) is 31.1 Å². The molecule has 1 N–H and O–H groups in total. The van der Waals surface area contributed by atoms with Crippen LogP contribution in [0.1, 0.15) is 61.3 Å². The van der Waals surface area contributed by atoms with Gasteiger partial charge in [0.25, 0.3) is 0 Å². The molecule has 0 radical (unpaired) electrons. The molecule has 0 bridgehead atoms. The van der Waals surface area contributed by atoms with Gasteiger partial charge in [0, 0.05) is 30.7 Å². The third-order valence-corrected chi connectivity index (χ3v) is 7.20. The highest BCUT2D eigenvalue weighted by molar-refractivity contribution is 5.33. The minimum Gasteiger partial charge on any atom is -0.496 e. The molecule has 3 heteroatoms. The van der Waals surface area contributed by atoms with Crippen molar-refractivity contribution in [2.75, 3.05) is 20.2 Å². The minimum absolute atomic E-state index is 0.370. The van der Waals surface area contributed by atoms with Crippen molar-refractivity contribution in [2.24, 2.45) is 0 Å². The first kappa shape index (κ1) is 24.5. The summed E-state index contributed by atoms with van der Waals surface area (Å²) in [5.74, 6) is 0.957. The molecule has 1 aliphatic carbocycles. The number of rotatable bonds is 12. The second kappa shape index (κ2) is 13.3. The number of aryl methyl sites for hydroxylation is 1. The van der Waals surface area contributed by atoms with Crippen molar-refractivity contribution in [3.8, 4) is 5.75 Å². The Hall–Kier alpha value is -2.62. The number of nitrogens with one attached hydrogen (secondary N) is 1. The SMILES string of the molecule is COc1ccccc1CNCC(c1ccccc1)N(CCCc1ccccc1)C1CCCCC1. The van der Waals surface area contributed by atoms with Gasteiger partial charge in [-0.05, 0) is 49.4 Å². The molecule has 3 aromatic carbocycles. The Morgan fingerprint density at radius 2 is 1.53 bits per heavy atom. The summed E-state index contributed by atoms with van der Waals surface area (Å²) in [6.45, 7) is 2.88. The Bertz CT molecular complexity index is 953. The summed E-state index contributed by atoms with van der Waals surface area (Å²) in [5, 5.41) is 3.78. The standard InChI is InChI=1S/C31H40N2O/c1-34-31-22-12-11-19-28(31)24-32-25-30(27-17-7-3-8-18-27)33(29-20-9-4-10-21-29)23-13-16-26-14-5-2-6-15-26/h2-3,5-8,11-12,14-15,17-19,22,29-30,32H,4,9-10,13,16,20-21,23-25H2,1H3. The van der Waals surface area contributed by atoms with Gasteiger partial charge in [-0.25, -0.2) is 0 Å². The molecule has 0 aromatic heterocycles. The Labute approximate surface area is 206 Å². The van der Waals surface area contributed by atoms with Crippen molar-refractivity contribution >= 4 is 0 Å². The fourth-order valence-corrected chi connectivity index (χ4v) is 5.41. The monoisotopic (exact) mass is 456 g/mol. The van der Waals surface area contributed by atoms with Crippen LogP contribution >= 0.6 is 0 Å². The maximum Gasteiger partial charge on any atom is 0.123 e. The van der Waals surface area contributed by atoms with Crippen LogP contribution in [0.25, 0.3) is 0 Å². The van der Waals surface area contributed by atoms with E-state index in [1.54, 1.807) is 7.11 Å². The first-order valence-corrected chi connectivity index (χ1v) is 13.0. The van der Waals surface area contributed by atoms with Gasteiger partial charge in [0.2, 0.25) is 0 Å². The van der Waals surface area contributed by atoms with Crippen molar-refractivity contribution in [1.82, 2.24) is 10.2 Å². The molecule has 0 heterocycles. The van der Waals surface area contributed by atoms with Crippen molar-refractivity contribution in [3.05, 3.63) is 102 Å². The topological polar surface area (TPSA) is 24.5 Å². The fraction of sp³-hybridized carbons (Fsp3) is 0.419. The van der Waals surface area contributed by atoms with Crippen molar-refractivity contribution in [2.45, 2.75) is 63.6 Å². The smallest absolute Gasteiger partial charge is 0.123 e. The van der Waals surface area contributed by atoms with Crippen molar-refractivity contribution in [3.63, 3.8) is 0 Å². The van der Waals surface area contributed by atoms with Gasteiger partial charge >= 0.3 is 0 Å². The van der Waals surface area contributed by atoms with Gasteiger partial charge in [-0.1, -0.05) is 98.1 Å². The normalized spacial score (nSPS) is 15.4. The molecule has 0 saturated heterocycles. The van der Waals surface area contributed by atoms with Crippen LogP contribution < -0.4 is 10.1 Å². The lowest BCUT2D eigenvalue weighted by atomic mass is 9.91. The molecule has 1 atom stereocenters. The van der Waals surface area contributed by atoms with Crippen LogP contribution in [0, 0.1) is 0 Å². The highest BCUT2D eigenvalue weighted by Gasteiger charge is 2.28. The Balaban J connectivity index is 1.49. The van der Waals surface area contributed by atoms with Gasteiger partial charge in [-0.2, -0.15) is 0 Å². The van der Waals surface area contributed by atoms with Crippen LogP contribution in [0.5, 0.6) is 5.75 Å². The lowest BCUT2D eigenvalue weighted by Gasteiger charge is -2.40. The molecule has 1 fully saturated rings. The quantitative estimate of drug-likeness (QED) is 0.325. The van der Waals surface area contributed by atoms with Crippen LogP contribution in [-0.2, 0) is 13.0 Å². The zero-order valence-corrected chi connectivity index (χ0v) is 20.7. The zero-order valence-electron chi connectivity index (χ0n) is 20.7. The van der Waals surface area contributed by atoms with Crippen LogP contribution in [0.4, 0.5) is 0 Å². The van der Waals surface area contributed by atoms with Gasteiger partial charge in [-0.15, -0.1) is 0 Å². The summed E-state index contributed by atoms with van der Waals surface area (Å²) < 4.78 is 5.57. The molecule has 1 aliphatic rings. The van der Waals surface area contributed by atoms with Crippen LogP contribution in [0.3, 0.4) is 0 Å². The molecule has 1 unspecified atom stereocenters. The van der Waals surface area contributed by atoms with Crippen LogP contribution in [0.15, 0.2) is 84.9 Å². The number of nitrogens with zero attached hydrogens (tertiary/aromatic N) is 1. The first-order chi connectivity index (χ1) is 16.8. The van der Waals surface area contributed by atoms with Gasteiger partial charge in [0.1, 0.15) is 5.75 Å². The van der Waals surface area contributed by atoms with E-state index in [9.17, 15) is 0 Å². The van der Waals surface area contributed by atoms with Gasteiger partial charge in [0.05, 0.1) is 7.11 Å². The molecule has 3 aromatic rings. The third-order valence-electron chi connectivity index (χ3n) is 7.20. The van der Waals surface area contributed by atoms with Crippen LogP contribution in [0.2, 0.25) is 0 Å². The summed E-state index contributed by atoms with van der Waals surface area (Å²) in [6, 6.07) is 31.4. The second-order valence-electron chi connectivity index (χ2n) is 9.49. The summed E-state index contributed by atoms with van der Waals surface area (Å²) in [5.41, 5.74) is 4.07. The number of benzene rings is 3. The average Bonchev–Trinajstić information content (AvgIpc) is 2.91. The molecule has 0 spiro atoms. The van der Waals surface area contributed by atoms with E-state index in [1.165, 1.54) is 55.2 Å². The first-order valence-electron chi connectivity index (χ1n) is 13.0. The number of ether oxygens (including phenoxy) is 1. The summed E-state index contributed by atoms with van der Waals surface area (Å²) in [4.78, 5) is 2.83. The van der Waals surface area contributed by atoms with Gasteiger partial charge < -0.3 is 10.1 Å². The highest BCUT2D eigenvalue weighted by Crippen LogP contribution is 2.31. The minimum atomic E-state index is 0.370. The van der Waals surface area contributed by atoms with E-state index in [4.69, 9.17) is 4.74 Å². The number of hydrogen-bond donors (Lipinski definition) is 1. The third kappa shape index (κ3) is 6.94. The molecule has 4 rings (SSSR count). The molecule has 34 heavy (non-hydrogen) atoms. The Morgan fingerprint density at radius 3 is 2.26 bits per heavy atom. The Kier molecular flexibility index (Phi) is 9.60. The zero-order chi connectivity index (χ0) is 23.4. The maximum atomic E-state index is 5.57. The summed E-state index contributed by atoms with van der Waals surface area (Å²) in [6.07, 6.45) is 9.07. The van der Waals surface area contributed by atoms with E-state index in [2.05, 4.69) is 83.0 Å². The molecule has 180 valence electrons. The molecular weight excluding hydrogens is 416 g/mol. The number of methoxy groups -OCH3 is 1. The molecule has 3 nitrogen and oxygen atoms in total. The highest BCUT2D eigenvalue weighted by atomic mass is 16.5. The van der Waals surface area contributed by atoms with Gasteiger partial charge in [0.15, 0.2) is 0 Å². The predicted molar refractivity (Wildman–Crippen MR) is 142 cm³/mol. The molecule has 0 amide bonds. The van der Waals surface area contributed by atoms with E-state index in [0.717, 1.165) is 31.8 Å². The van der Waals surface area contributed by atoms with Gasteiger partial charge in [-0.3, -0.25) is 4.90 Å². The lowest BCUT2D eigenvalue weighted by molar-refractivity contribution is 0.1000. The Morgan fingerprint density at radius 1 is 0.853 bits per heavy atom.